The molecule has 0 N–H and O–H groups in total. The Morgan fingerprint density at radius 2 is 2.32 bits per heavy atom. The smallest absolute Gasteiger partial charge is 0.150 e. The van der Waals surface area contributed by atoms with Gasteiger partial charge < -0.3 is 0 Å². The Morgan fingerprint density at radius 1 is 1.53 bits per heavy atom. The molecule has 106 valence electrons. The molecule has 0 saturated carbocycles. The maximum Gasteiger partial charge on any atom is 0.150 e. The monoisotopic (exact) mass is 285 g/mol. The number of ketones is 1. The molecule has 0 aliphatic carbocycles. The summed E-state index contributed by atoms with van der Waals surface area (Å²) < 4.78 is 24.4. The van der Waals surface area contributed by atoms with E-state index in [4.69, 9.17) is 0 Å². The SMILES string of the molecule is CCCn1ncnc1CC(=O)CC1CCS(=O)(=O)C1. The third kappa shape index (κ3) is 3.86. The lowest BCUT2D eigenvalue weighted by Gasteiger charge is -2.07. The first-order chi connectivity index (χ1) is 9.00. The molecule has 1 atom stereocenters. The quantitative estimate of drug-likeness (QED) is 0.765. The van der Waals surface area contributed by atoms with Gasteiger partial charge in [-0.3, -0.25) is 4.79 Å². The zero-order valence-electron chi connectivity index (χ0n) is 11.1. The number of carbonyl (C=O) groups is 1. The molecule has 1 saturated heterocycles. The number of hydrogen-bond donors (Lipinski definition) is 0. The van der Waals surface area contributed by atoms with Gasteiger partial charge in [-0.1, -0.05) is 6.92 Å². The molecule has 1 aliphatic heterocycles. The van der Waals surface area contributed by atoms with Gasteiger partial charge in [0.1, 0.15) is 17.9 Å². The first-order valence-corrected chi connectivity index (χ1v) is 8.41. The van der Waals surface area contributed by atoms with Crippen LogP contribution in [0.4, 0.5) is 0 Å². The largest absolute Gasteiger partial charge is 0.299 e. The molecule has 1 aromatic rings. The van der Waals surface area contributed by atoms with Gasteiger partial charge in [-0.25, -0.2) is 18.1 Å². The van der Waals surface area contributed by atoms with E-state index in [1.807, 2.05) is 6.92 Å². The van der Waals surface area contributed by atoms with E-state index in [2.05, 4.69) is 10.1 Å². The van der Waals surface area contributed by atoms with Gasteiger partial charge in [0.15, 0.2) is 9.84 Å². The molecule has 1 fully saturated rings. The van der Waals surface area contributed by atoms with Crippen LogP contribution in [0.2, 0.25) is 0 Å². The average molecular weight is 285 g/mol. The second-order valence-electron chi connectivity index (χ2n) is 5.09. The molecular formula is C12H19N3O3S. The molecule has 0 bridgehead atoms. The Hall–Kier alpha value is -1.24. The van der Waals surface area contributed by atoms with E-state index in [9.17, 15) is 13.2 Å². The van der Waals surface area contributed by atoms with Crippen molar-refractivity contribution in [2.45, 2.75) is 39.2 Å². The van der Waals surface area contributed by atoms with Crippen molar-refractivity contribution in [1.29, 1.82) is 0 Å². The van der Waals surface area contributed by atoms with Crippen molar-refractivity contribution in [3.05, 3.63) is 12.2 Å². The van der Waals surface area contributed by atoms with Crippen LogP contribution >= 0.6 is 0 Å². The molecule has 19 heavy (non-hydrogen) atoms. The van der Waals surface area contributed by atoms with Crippen LogP contribution < -0.4 is 0 Å². The van der Waals surface area contributed by atoms with E-state index in [1.165, 1.54) is 6.33 Å². The summed E-state index contributed by atoms with van der Waals surface area (Å²) in [5.41, 5.74) is 0. The van der Waals surface area contributed by atoms with E-state index < -0.39 is 9.84 Å². The van der Waals surface area contributed by atoms with Crippen LogP contribution in [0.25, 0.3) is 0 Å². The van der Waals surface area contributed by atoms with E-state index in [-0.39, 0.29) is 29.6 Å². The van der Waals surface area contributed by atoms with Crippen LogP contribution in [0.15, 0.2) is 6.33 Å². The summed E-state index contributed by atoms with van der Waals surface area (Å²) in [6.07, 6.45) is 3.58. The molecule has 6 nitrogen and oxygen atoms in total. The number of sulfone groups is 1. The summed E-state index contributed by atoms with van der Waals surface area (Å²) in [4.78, 5) is 16.0. The van der Waals surface area contributed by atoms with E-state index in [0.29, 0.717) is 18.7 Å². The number of Topliss-reactive ketones (excluding diaryl/α,β-unsaturated/α-hetero) is 1. The second kappa shape index (κ2) is 5.81. The second-order valence-corrected chi connectivity index (χ2v) is 7.32. The molecular weight excluding hydrogens is 266 g/mol. The van der Waals surface area contributed by atoms with E-state index in [0.717, 1.165) is 13.0 Å². The lowest BCUT2D eigenvalue weighted by atomic mass is 10.0. The highest BCUT2D eigenvalue weighted by atomic mass is 32.2. The number of rotatable bonds is 6. The van der Waals surface area contributed by atoms with Crippen LogP contribution in [0, 0.1) is 5.92 Å². The van der Waals surface area contributed by atoms with Gasteiger partial charge in [0.05, 0.1) is 17.9 Å². The highest BCUT2D eigenvalue weighted by Crippen LogP contribution is 2.22. The molecule has 0 radical (unpaired) electrons. The van der Waals surface area contributed by atoms with Crippen molar-refractivity contribution >= 4 is 15.6 Å². The Balaban J connectivity index is 1.89. The summed E-state index contributed by atoms with van der Waals surface area (Å²) in [6.45, 7) is 2.79. The first kappa shape index (κ1) is 14.2. The van der Waals surface area contributed by atoms with Crippen molar-refractivity contribution in [2.75, 3.05) is 11.5 Å². The van der Waals surface area contributed by atoms with Crippen LogP contribution in [-0.4, -0.2) is 40.5 Å². The topological polar surface area (TPSA) is 81.9 Å². The van der Waals surface area contributed by atoms with Crippen LogP contribution in [0.3, 0.4) is 0 Å². The lowest BCUT2D eigenvalue weighted by molar-refractivity contribution is -0.119. The summed E-state index contributed by atoms with van der Waals surface area (Å²) in [5, 5.41) is 4.07. The van der Waals surface area contributed by atoms with Gasteiger partial charge in [-0.2, -0.15) is 5.10 Å². The zero-order valence-corrected chi connectivity index (χ0v) is 11.9. The third-order valence-electron chi connectivity index (χ3n) is 3.33. The van der Waals surface area contributed by atoms with Crippen molar-refractivity contribution in [1.82, 2.24) is 14.8 Å². The molecule has 0 aromatic carbocycles. The Labute approximate surface area is 113 Å². The van der Waals surface area contributed by atoms with Gasteiger partial charge in [0, 0.05) is 13.0 Å². The minimum Gasteiger partial charge on any atom is -0.299 e. The van der Waals surface area contributed by atoms with Crippen LogP contribution in [0.1, 0.15) is 32.0 Å². The molecule has 1 aromatic heterocycles. The summed E-state index contributed by atoms with van der Waals surface area (Å²) >= 11 is 0. The minimum atomic E-state index is -2.91. The van der Waals surface area contributed by atoms with E-state index >= 15 is 0 Å². The fraction of sp³-hybridized carbons (Fsp3) is 0.750. The van der Waals surface area contributed by atoms with Gasteiger partial charge in [0.2, 0.25) is 0 Å². The predicted molar refractivity (Wildman–Crippen MR) is 70.4 cm³/mol. The summed E-state index contributed by atoms with van der Waals surface area (Å²) in [5.74, 6) is 1.08. The predicted octanol–water partition coefficient (Wildman–Crippen LogP) is 0.625. The fourth-order valence-electron chi connectivity index (χ4n) is 2.43. The third-order valence-corrected chi connectivity index (χ3v) is 5.17. The lowest BCUT2D eigenvalue weighted by Crippen LogP contribution is -2.15. The first-order valence-electron chi connectivity index (χ1n) is 6.59. The van der Waals surface area contributed by atoms with Crippen molar-refractivity contribution < 1.29 is 13.2 Å². The maximum absolute atomic E-state index is 12.0. The molecule has 1 unspecified atom stereocenters. The maximum atomic E-state index is 12.0. The number of carbonyl (C=O) groups excluding carboxylic acids is 1. The molecule has 0 spiro atoms. The molecule has 1 aliphatic rings. The van der Waals surface area contributed by atoms with Gasteiger partial charge in [-0.05, 0) is 18.8 Å². The van der Waals surface area contributed by atoms with Crippen LogP contribution in [-0.2, 0) is 27.6 Å². The number of nitrogens with zero attached hydrogens (tertiary/aromatic N) is 3. The van der Waals surface area contributed by atoms with Crippen LogP contribution in [0.5, 0.6) is 0 Å². The Bertz CT molecular complexity index is 550. The number of hydrogen-bond acceptors (Lipinski definition) is 5. The molecule has 2 heterocycles. The Morgan fingerprint density at radius 3 is 2.95 bits per heavy atom. The van der Waals surface area contributed by atoms with E-state index in [1.54, 1.807) is 4.68 Å². The van der Waals surface area contributed by atoms with Gasteiger partial charge >= 0.3 is 0 Å². The standard InChI is InChI=1S/C12H19N3O3S/c1-2-4-15-12(13-9-14-15)7-11(16)6-10-3-5-19(17,18)8-10/h9-10H,2-8H2,1H3. The zero-order chi connectivity index (χ0) is 13.9. The average Bonchev–Trinajstić information content (AvgIpc) is 2.87. The summed E-state index contributed by atoms with van der Waals surface area (Å²) in [6, 6.07) is 0. The normalized spacial score (nSPS) is 21.6. The summed E-state index contributed by atoms with van der Waals surface area (Å²) in [7, 11) is -2.91. The fourth-order valence-corrected chi connectivity index (χ4v) is 4.29. The highest BCUT2D eigenvalue weighted by Gasteiger charge is 2.29. The van der Waals surface area contributed by atoms with Gasteiger partial charge in [0.25, 0.3) is 0 Å². The Kier molecular flexibility index (Phi) is 4.34. The van der Waals surface area contributed by atoms with Gasteiger partial charge in [-0.15, -0.1) is 0 Å². The van der Waals surface area contributed by atoms with Crippen molar-refractivity contribution in [3.8, 4) is 0 Å². The molecule has 2 rings (SSSR count). The molecule has 0 amide bonds. The van der Waals surface area contributed by atoms with Crippen molar-refractivity contribution in [2.24, 2.45) is 5.92 Å². The number of aryl methyl sites for hydroxylation is 1. The number of aromatic nitrogens is 3. The van der Waals surface area contributed by atoms with Crippen molar-refractivity contribution in [3.63, 3.8) is 0 Å². The molecule has 7 heteroatoms. The highest BCUT2D eigenvalue weighted by molar-refractivity contribution is 7.91. The minimum absolute atomic E-state index is 0.0138.